The van der Waals surface area contributed by atoms with Crippen LogP contribution in [0.3, 0.4) is 0 Å². The Labute approximate surface area is 107 Å². The van der Waals surface area contributed by atoms with E-state index in [1.807, 2.05) is 0 Å². The van der Waals surface area contributed by atoms with Crippen LogP contribution in [-0.4, -0.2) is 15.9 Å². The van der Waals surface area contributed by atoms with Gasteiger partial charge < -0.3 is 0 Å². The van der Waals surface area contributed by atoms with E-state index in [4.69, 9.17) is 0 Å². The highest BCUT2D eigenvalue weighted by molar-refractivity contribution is 8.13. The van der Waals surface area contributed by atoms with Crippen LogP contribution >= 0.6 is 11.8 Å². The van der Waals surface area contributed by atoms with Crippen molar-refractivity contribution in [2.45, 2.75) is 19.5 Å². The van der Waals surface area contributed by atoms with Gasteiger partial charge in [-0.25, -0.2) is 0 Å². The molecule has 0 aliphatic carbocycles. The number of pyridine rings is 1. The third kappa shape index (κ3) is 5.23. The zero-order valence-corrected chi connectivity index (χ0v) is 10.4. The third-order valence-electron chi connectivity index (χ3n) is 1.82. The number of halogens is 3. The van der Waals surface area contributed by atoms with Crippen LogP contribution in [0.15, 0.2) is 18.3 Å². The van der Waals surface area contributed by atoms with Crippen molar-refractivity contribution in [1.29, 1.82) is 0 Å². The van der Waals surface area contributed by atoms with Crippen molar-refractivity contribution < 1.29 is 18.0 Å². The fourth-order valence-electron chi connectivity index (χ4n) is 1.07. The van der Waals surface area contributed by atoms with E-state index in [1.54, 1.807) is 0 Å². The zero-order chi connectivity index (χ0) is 13.6. The predicted molar refractivity (Wildman–Crippen MR) is 63.9 cm³/mol. The van der Waals surface area contributed by atoms with E-state index in [1.165, 1.54) is 13.0 Å². The van der Waals surface area contributed by atoms with Crippen LogP contribution < -0.4 is 0 Å². The molecular weight excluding hydrogens is 263 g/mol. The van der Waals surface area contributed by atoms with Crippen molar-refractivity contribution in [1.82, 2.24) is 4.98 Å². The number of thioether (sulfide) groups is 1. The lowest BCUT2D eigenvalue weighted by atomic mass is 10.2. The van der Waals surface area contributed by atoms with Crippen LogP contribution in [0.25, 0.3) is 0 Å². The third-order valence-corrected chi connectivity index (χ3v) is 2.63. The first kappa shape index (κ1) is 14.6. The van der Waals surface area contributed by atoms with Crippen LogP contribution in [0.2, 0.25) is 0 Å². The van der Waals surface area contributed by atoms with Gasteiger partial charge in [0.15, 0.2) is 5.12 Å². The van der Waals surface area contributed by atoms with Crippen LogP contribution in [0.4, 0.5) is 13.2 Å². The monoisotopic (exact) mass is 273 g/mol. The molecule has 96 valence electrons. The molecule has 0 amide bonds. The molecule has 0 aliphatic heterocycles. The first-order valence-electron chi connectivity index (χ1n) is 5.05. The number of rotatable bonds is 2. The van der Waals surface area contributed by atoms with Crippen molar-refractivity contribution in [3.8, 4) is 11.8 Å². The number of hydrogen-bond donors (Lipinski definition) is 0. The summed E-state index contributed by atoms with van der Waals surface area (Å²) in [5.74, 6) is 5.87. The molecule has 1 aromatic rings. The van der Waals surface area contributed by atoms with Gasteiger partial charge in [0.2, 0.25) is 0 Å². The molecule has 1 aromatic heterocycles. The number of nitrogens with zero attached hydrogens (tertiary/aromatic N) is 1. The molecular formula is C12H10F3NOS. The summed E-state index contributed by atoms with van der Waals surface area (Å²) >= 11 is 1.14. The van der Waals surface area contributed by atoms with Crippen molar-refractivity contribution in [2.24, 2.45) is 0 Å². The lowest BCUT2D eigenvalue weighted by molar-refractivity contribution is -0.141. The highest BCUT2D eigenvalue weighted by Gasteiger charge is 2.32. The van der Waals surface area contributed by atoms with Crippen molar-refractivity contribution in [3.63, 3.8) is 0 Å². The summed E-state index contributed by atoms with van der Waals surface area (Å²) in [5.41, 5.74) is -0.683. The van der Waals surface area contributed by atoms with Crippen molar-refractivity contribution >= 4 is 16.9 Å². The van der Waals surface area contributed by atoms with Gasteiger partial charge >= 0.3 is 6.18 Å². The topological polar surface area (TPSA) is 30.0 Å². The lowest BCUT2D eigenvalue weighted by Crippen LogP contribution is -2.07. The molecule has 0 spiro atoms. The average molecular weight is 273 g/mol. The summed E-state index contributed by atoms with van der Waals surface area (Å²) in [7, 11) is 0. The Morgan fingerprint density at radius 2 is 2.22 bits per heavy atom. The average Bonchev–Trinajstić information content (AvgIpc) is 2.27. The molecule has 2 nitrogen and oxygen atoms in total. The minimum atomic E-state index is -4.46. The van der Waals surface area contributed by atoms with Gasteiger partial charge in [-0.05, 0) is 12.1 Å². The predicted octanol–water partition coefficient (Wildman–Crippen LogP) is 3.12. The minimum absolute atomic E-state index is 0.0000637. The Balaban J connectivity index is 2.63. The molecule has 0 fully saturated rings. The largest absolute Gasteiger partial charge is 0.433 e. The molecule has 0 radical (unpaired) electrons. The fraction of sp³-hybridized carbons (Fsp3) is 0.333. The minimum Gasteiger partial charge on any atom is -0.288 e. The molecule has 0 saturated carbocycles. The van der Waals surface area contributed by atoms with E-state index < -0.39 is 11.9 Å². The van der Waals surface area contributed by atoms with Crippen molar-refractivity contribution in [2.75, 3.05) is 5.75 Å². The van der Waals surface area contributed by atoms with Crippen LogP contribution in [0.5, 0.6) is 0 Å². The number of aromatic nitrogens is 1. The summed E-state index contributed by atoms with van der Waals surface area (Å²) < 4.78 is 37.0. The maximum absolute atomic E-state index is 12.3. The second-order valence-corrected chi connectivity index (χ2v) is 4.59. The normalized spacial score (nSPS) is 10.7. The first-order valence-corrected chi connectivity index (χ1v) is 6.03. The number of alkyl halides is 3. The Morgan fingerprint density at radius 1 is 1.50 bits per heavy atom. The summed E-state index contributed by atoms with van der Waals surface area (Å²) in [6.07, 6.45) is -2.92. The van der Waals surface area contributed by atoms with Crippen molar-refractivity contribution in [3.05, 3.63) is 29.6 Å². The maximum Gasteiger partial charge on any atom is 0.433 e. The molecule has 6 heteroatoms. The zero-order valence-electron chi connectivity index (χ0n) is 9.54. The molecule has 0 atom stereocenters. The molecule has 1 rings (SSSR count). The van der Waals surface area contributed by atoms with Gasteiger partial charge in [-0.1, -0.05) is 23.6 Å². The lowest BCUT2D eigenvalue weighted by Gasteiger charge is -2.04. The summed E-state index contributed by atoms with van der Waals surface area (Å²) in [6.45, 7) is 1.45. The molecule has 1 heterocycles. The quantitative estimate of drug-likeness (QED) is 0.612. The summed E-state index contributed by atoms with van der Waals surface area (Å²) in [6, 6.07) is 2.32. The van der Waals surface area contributed by atoms with Gasteiger partial charge in [0, 0.05) is 30.9 Å². The van der Waals surface area contributed by atoms with E-state index in [0.717, 1.165) is 24.0 Å². The van der Waals surface area contributed by atoms with Gasteiger partial charge in [-0.2, -0.15) is 13.2 Å². The Morgan fingerprint density at radius 3 is 2.83 bits per heavy atom. The SMILES string of the molecule is CC(=O)SCCC#Cc1ccnc(C(F)(F)F)c1. The van der Waals surface area contributed by atoms with E-state index in [-0.39, 0.29) is 10.7 Å². The first-order chi connectivity index (χ1) is 8.39. The standard InChI is InChI=1S/C12H10F3NOS/c1-9(17)18-7-3-2-4-10-5-6-16-11(8-10)12(13,14)15/h5-6,8H,3,7H2,1H3. The molecule has 0 saturated heterocycles. The fourth-order valence-corrected chi connectivity index (χ4v) is 1.57. The van der Waals surface area contributed by atoms with Crippen LogP contribution in [0.1, 0.15) is 24.6 Å². The Bertz CT molecular complexity index is 488. The Kier molecular flexibility index (Phi) is 5.23. The van der Waals surface area contributed by atoms with Crippen LogP contribution in [0, 0.1) is 11.8 Å². The van der Waals surface area contributed by atoms with Gasteiger partial charge in [0.25, 0.3) is 0 Å². The highest BCUT2D eigenvalue weighted by Crippen LogP contribution is 2.27. The van der Waals surface area contributed by atoms with E-state index in [2.05, 4.69) is 16.8 Å². The highest BCUT2D eigenvalue weighted by atomic mass is 32.2. The van der Waals surface area contributed by atoms with E-state index >= 15 is 0 Å². The number of carbonyl (C=O) groups excluding carboxylic acids is 1. The summed E-state index contributed by atoms with van der Waals surface area (Å²) in [4.78, 5) is 13.9. The van der Waals surface area contributed by atoms with Gasteiger partial charge in [0.1, 0.15) is 5.69 Å². The van der Waals surface area contributed by atoms with E-state index in [9.17, 15) is 18.0 Å². The van der Waals surface area contributed by atoms with E-state index in [0.29, 0.717) is 12.2 Å². The molecule has 0 aromatic carbocycles. The van der Waals surface area contributed by atoms with Crippen LogP contribution in [-0.2, 0) is 11.0 Å². The molecule has 0 aliphatic rings. The maximum atomic E-state index is 12.3. The van der Waals surface area contributed by atoms with Gasteiger partial charge in [-0.3, -0.25) is 9.78 Å². The number of carbonyl (C=O) groups is 1. The number of hydrogen-bond acceptors (Lipinski definition) is 3. The molecule has 0 unspecified atom stereocenters. The Hall–Kier alpha value is -1.48. The molecule has 18 heavy (non-hydrogen) atoms. The summed E-state index contributed by atoms with van der Waals surface area (Å²) in [5, 5.41) is 0.0000637. The van der Waals surface area contributed by atoms with Gasteiger partial charge in [-0.15, -0.1) is 0 Å². The second-order valence-electron chi connectivity index (χ2n) is 3.32. The smallest absolute Gasteiger partial charge is 0.288 e. The molecule has 0 N–H and O–H groups in total. The second kappa shape index (κ2) is 6.45. The molecule has 0 bridgehead atoms. The van der Waals surface area contributed by atoms with Gasteiger partial charge in [0.05, 0.1) is 0 Å².